The molecule has 0 aliphatic heterocycles. The quantitative estimate of drug-likeness (QED) is 0.704. The van der Waals surface area contributed by atoms with Crippen LogP contribution in [-0.4, -0.2) is 36.7 Å². The molecule has 25 heavy (non-hydrogen) atoms. The highest BCUT2D eigenvalue weighted by Crippen LogP contribution is 2.18. The van der Waals surface area contributed by atoms with Crippen molar-refractivity contribution in [2.24, 2.45) is 0 Å². The van der Waals surface area contributed by atoms with Crippen LogP contribution in [0, 0.1) is 0 Å². The lowest BCUT2D eigenvalue weighted by atomic mass is 10.2. The normalized spacial score (nSPS) is 10.6. The lowest BCUT2D eigenvalue weighted by Crippen LogP contribution is -2.15. The van der Waals surface area contributed by atoms with E-state index >= 15 is 0 Å². The molecular formula is C16H15N5O4. The van der Waals surface area contributed by atoms with Gasteiger partial charge in [-0.25, -0.2) is 19.7 Å². The molecule has 0 fully saturated rings. The number of benzene rings is 1. The van der Waals surface area contributed by atoms with E-state index in [0.717, 1.165) is 5.56 Å². The highest BCUT2D eigenvalue weighted by atomic mass is 16.5. The summed E-state index contributed by atoms with van der Waals surface area (Å²) in [4.78, 5) is 34.9. The number of hydrogen-bond acceptors (Lipinski definition) is 6. The van der Waals surface area contributed by atoms with Gasteiger partial charge in [0.25, 0.3) is 0 Å². The Labute approximate surface area is 142 Å². The molecule has 0 bridgehead atoms. The number of amides is 1. The van der Waals surface area contributed by atoms with E-state index in [1.54, 1.807) is 4.57 Å². The Morgan fingerprint density at radius 1 is 1.16 bits per heavy atom. The minimum Gasteiger partial charge on any atom is -0.481 e. The molecule has 1 amide bonds. The van der Waals surface area contributed by atoms with Gasteiger partial charge < -0.3 is 14.4 Å². The first-order valence-electron chi connectivity index (χ1n) is 7.49. The number of carbonyl (C=O) groups is 2. The minimum absolute atomic E-state index is 0.0582. The number of fused-ring (bicyclic) bond motifs is 1. The van der Waals surface area contributed by atoms with Crippen molar-refractivity contribution in [3.8, 4) is 0 Å². The van der Waals surface area contributed by atoms with Crippen LogP contribution in [0.5, 0.6) is 0 Å². The number of carboxylic acids is 1. The Bertz CT molecular complexity index is 894. The Kier molecular flexibility index (Phi) is 4.84. The first-order valence-corrected chi connectivity index (χ1v) is 7.49. The second-order valence-corrected chi connectivity index (χ2v) is 5.16. The third kappa shape index (κ3) is 4.08. The molecule has 0 radical (unpaired) electrons. The first-order chi connectivity index (χ1) is 12.1. The summed E-state index contributed by atoms with van der Waals surface area (Å²) >= 11 is 0. The van der Waals surface area contributed by atoms with Crippen molar-refractivity contribution in [2.45, 2.75) is 19.6 Å². The molecule has 0 spiro atoms. The van der Waals surface area contributed by atoms with Crippen LogP contribution in [0.25, 0.3) is 11.2 Å². The molecule has 1 aromatic carbocycles. The van der Waals surface area contributed by atoms with E-state index in [1.807, 2.05) is 30.3 Å². The maximum atomic E-state index is 11.9. The summed E-state index contributed by atoms with van der Waals surface area (Å²) in [7, 11) is 0. The summed E-state index contributed by atoms with van der Waals surface area (Å²) in [5, 5.41) is 11.3. The summed E-state index contributed by atoms with van der Waals surface area (Å²) in [6, 6.07) is 9.28. The SMILES string of the molecule is O=C(O)CCn1cnc2c(NC(=O)OCc3ccccc3)ncnc21. The van der Waals surface area contributed by atoms with Gasteiger partial charge in [-0.15, -0.1) is 0 Å². The van der Waals surface area contributed by atoms with Crippen molar-refractivity contribution in [1.29, 1.82) is 0 Å². The largest absolute Gasteiger partial charge is 0.481 e. The molecule has 0 unspecified atom stereocenters. The summed E-state index contributed by atoms with van der Waals surface area (Å²) in [5.41, 5.74) is 1.67. The van der Waals surface area contributed by atoms with Crippen LogP contribution in [0.2, 0.25) is 0 Å². The molecule has 3 aromatic rings. The number of ether oxygens (including phenoxy) is 1. The predicted octanol–water partition coefficient (Wildman–Crippen LogP) is 2.05. The van der Waals surface area contributed by atoms with Crippen LogP contribution < -0.4 is 5.32 Å². The number of imidazole rings is 1. The number of nitrogens with one attached hydrogen (secondary N) is 1. The Morgan fingerprint density at radius 3 is 2.72 bits per heavy atom. The van der Waals surface area contributed by atoms with Gasteiger partial charge in [0.2, 0.25) is 0 Å². The van der Waals surface area contributed by atoms with Gasteiger partial charge in [0, 0.05) is 6.54 Å². The lowest BCUT2D eigenvalue weighted by Gasteiger charge is -2.07. The zero-order valence-electron chi connectivity index (χ0n) is 13.1. The molecule has 2 N–H and O–H groups in total. The number of carboxylic acid groups (broad SMARTS) is 1. The first kappa shape index (κ1) is 16.4. The Balaban J connectivity index is 1.68. The number of rotatable bonds is 6. The zero-order valence-corrected chi connectivity index (χ0v) is 13.1. The van der Waals surface area contributed by atoms with Gasteiger partial charge in [-0.3, -0.25) is 10.1 Å². The molecule has 9 heteroatoms. The van der Waals surface area contributed by atoms with E-state index in [4.69, 9.17) is 9.84 Å². The number of hydrogen-bond donors (Lipinski definition) is 2. The van der Waals surface area contributed by atoms with Crippen molar-refractivity contribution < 1.29 is 19.4 Å². The molecule has 0 saturated heterocycles. The summed E-state index contributed by atoms with van der Waals surface area (Å²) in [6.07, 6.45) is 2.01. The van der Waals surface area contributed by atoms with Crippen molar-refractivity contribution in [3.05, 3.63) is 48.5 Å². The summed E-state index contributed by atoms with van der Waals surface area (Å²) in [5.74, 6) is -0.712. The molecule has 2 heterocycles. The fourth-order valence-corrected chi connectivity index (χ4v) is 2.21. The average molecular weight is 341 g/mol. The molecule has 2 aromatic heterocycles. The number of aryl methyl sites for hydroxylation is 1. The monoisotopic (exact) mass is 341 g/mol. The lowest BCUT2D eigenvalue weighted by molar-refractivity contribution is -0.137. The van der Waals surface area contributed by atoms with Gasteiger partial charge in [-0.2, -0.15) is 0 Å². The number of aromatic nitrogens is 4. The molecule has 0 aliphatic carbocycles. The van der Waals surface area contributed by atoms with Crippen molar-refractivity contribution in [1.82, 2.24) is 19.5 Å². The van der Waals surface area contributed by atoms with Crippen molar-refractivity contribution >= 4 is 29.0 Å². The molecule has 128 valence electrons. The van der Waals surface area contributed by atoms with Crippen LogP contribution in [0.1, 0.15) is 12.0 Å². The van der Waals surface area contributed by atoms with E-state index < -0.39 is 12.1 Å². The van der Waals surface area contributed by atoms with Crippen LogP contribution in [0.15, 0.2) is 43.0 Å². The highest BCUT2D eigenvalue weighted by molar-refractivity contribution is 5.93. The Hall–Kier alpha value is -3.49. The molecule has 0 aliphatic rings. The van der Waals surface area contributed by atoms with E-state index in [9.17, 15) is 9.59 Å². The fourth-order valence-electron chi connectivity index (χ4n) is 2.21. The molecule has 0 saturated carbocycles. The van der Waals surface area contributed by atoms with Crippen molar-refractivity contribution in [2.75, 3.05) is 5.32 Å². The van der Waals surface area contributed by atoms with Crippen LogP contribution >= 0.6 is 0 Å². The minimum atomic E-state index is -0.918. The van der Waals surface area contributed by atoms with Gasteiger partial charge in [0.05, 0.1) is 12.7 Å². The molecule has 0 atom stereocenters. The zero-order chi connectivity index (χ0) is 17.6. The maximum absolute atomic E-state index is 11.9. The van der Waals surface area contributed by atoms with E-state index in [2.05, 4.69) is 20.3 Å². The van der Waals surface area contributed by atoms with E-state index in [-0.39, 0.29) is 25.4 Å². The average Bonchev–Trinajstić information content (AvgIpc) is 3.03. The maximum Gasteiger partial charge on any atom is 0.413 e. The van der Waals surface area contributed by atoms with Crippen LogP contribution in [-0.2, 0) is 22.7 Å². The van der Waals surface area contributed by atoms with Gasteiger partial charge in [-0.05, 0) is 5.56 Å². The second-order valence-electron chi connectivity index (χ2n) is 5.16. The van der Waals surface area contributed by atoms with Crippen LogP contribution in [0.4, 0.5) is 10.6 Å². The van der Waals surface area contributed by atoms with E-state index in [1.165, 1.54) is 12.7 Å². The van der Waals surface area contributed by atoms with Gasteiger partial charge >= 0.3 is 12.1 Å². The molecule has 3 rings (SSSR count). The topological polar surface area (TPSA) is 119 Å². The summed E-state index contributed by atoms with van der Waals surface area (Å²) in [6.45, 7) is 0.356. The fraction of sp³-hybridized carbons (Fsp3) is 0.188. The second kappa shape index (κ2) is 7.39. The van der Waals surface area contributed by atoms with E-state index in [0.29, 0.717) is 11.2 Å². The standard InChI is InChI=1S/C16H15N5O4/c22-12(23)6-7-21-10-19-13-14(17-9-18-15(13)21)20-16(24)25-8-11-4-2-1-3-5-11/h1-5,9-10H,6-8H2,(H,22,23)(H,17,18,20,24). The van der Waals surface area contributed by atoms with Gasteiger partial charge in [0.1, 0.15) is 12.9 Å². The molecule has 9 nitrogen and oxygen atoms in total. The summed E-state index contributed by atoms with van der Waals surface area (Å²) < 4.78 is 6.73. The van der Waals surface area contributed by atoms with Gasteiger partial charge in [0.15, 0.2) is 17.0 Å². The number of carbonyl (C=O) groups excluding carboxylic acids is 1. The molecular weight excluding hydrogens is 326 g/mol. The Morgan fingerprint density at radius 2 is 1.96 bits per heavy atom. The third-order valence-electron chi connectivity index (χ3n) is 3.40. The third-order valence-corrected chi connectivity index (χ3v) is 3.40. The smallest absolute Gasteiger partial charge is 0.413 e. The van der Waals surface area contributed by atoms with Crippen molar-refractivity contribution in [3.63, 3.8) is 0 Å². The number of nitrogens with zero attached hydrogens (tertiary/aromatic N) is 4. The predicted molar refractivity (Wildman–Crippen MR) is 87.8 cm³/mol. The van der Waals surface area contributed by atoms with Crippen LogP contribution in [0.3, 0.4) is 0 Å². The number of aliphatic carboxylic acids is 1. The highest BCUT2D eigenvalue weighted by Gasteiger charge is 2.13. The number of anilines is 1. The van der Waals surface area contributed by atoms with Gasteiger partial charge in [-0.1, -0.05) is 30.3 Å².